The fourth-order valence-electron chi connectivity index (χ4n) is 1.55. The first-order valence-electron chi connectivity index (χ1n) is 5.63. The maximum atomic E-state index is 11.0. The van der Waals surface area contributed by atoms with Gasteiger partial charge in [-0.15, -0.1) is 0 Å². The summed E-state index contributed by atoms with van der Waals surface area (Å²) in [7, 11) is 0. The molecule has 0 aromatic heterocycles. The smallest absolute Gasteiger partial charge is 0.221 e. The van der Waals surface area contributed by atoms with Crippen LogP contribution in [-0.4, -0.2) is 5.91 Å². The van der Waals surface area contributed by atoms with Gasteiger partial charge in [-0.2, -0.15) is 0 Å². The van der Waals surface area contributed by atoms with Gasteiger partial charge in [0, 0.05) is 12.6 Å². The molecule has 0 heterocycles. The molecule has 2 nitrogen and oxygen atoms in total. The standard InChI is InChI=1S/C14H23NO/c1-10(2)7-12(5)9-14(8-11(3)4)15-13(6)16/h8-10H,3,7H2,1-2,4-6H3,(H,15,16)/b12-9+,14-8+. The van der Waals surface area contributed by atoms with Gasteiger partial charge in [-0.1, -0.05) is 31.6 Å². The van der Waals surface area contributed by atoms with Crippen LogP contribution in [0.15, 0.2) is 35.6 Å². The molecule has 0 aromatic rings. The van der Waals surface area contributed by atoms with E-state index < -0.39 is 0 Å². The molecule has 0 radical (unpaired) electrons. The molecule has 0 unspecified atom stereocenters. The Labute approximate surface area is 99.1 Å². The van der Waals surface area contributed by atoms with Crippen LogP contribution < -0.4 is 5.32 Å². The molecule has 0 saturated carbocycles. The Morgan fingerprint density at radius 3 is 2.19 bits per heavy atom. The fraction of sp³-hybridized carbons (Fsp3) is 0.500. The first-order chi connectivity index (χ1) is 7.31. The summed E-state index contributed by atoms with van der Waals surface area (Å²) in [4.78, 5) is 11.0. The molecule has 0 aliphatic carbocycles. The largest absolute Gasteiger partial charge is 0.326 e. The summed E-state index contributed by atoms with van der Waals surface area (Å²) in [5.74, 6) is 0.570. The number of amides is 1. The number of carbonyl (C=O) groups excluding carboxylic acids is 1. The van der Waals surface area contributed by atoms with Crippen LogP contribution in [0.1, 0.15) is 41.0 Å². The second-order valence-corrected chi connectivity index (χ2v) is 4.72. The van der Waals surface area contributed by atoms with Gasteiger partial charge in [-0.05, 0) is 38.3 Å². The molecule has 1 N–H and O–H groups in total. The van der Waals surface area contributed by atoms with Crippen LogP contribution in [0.3, 0.4) is 0 Å². The lowest BCUT2D eigenvalue weighted by molar-refractivity contribution is -0.118. The average molecular weight is 221 g/mol. The molecule has 16 heavy (non-hydrogen) atoms. The normalized spacial score (nSPS) is 12.9. The highest BCUT2D eigenvalue weighted by atomic mass is 16.1. The number of nitrogens with one attached hydrogen (secondary N) is 1. The van der Waals surface area contributed by atoms with Crippen molar-refractivity contribution in [3.8, 4) is 0 Å². The van der Waals surface area contributed by atoms with E-state index in [1.165, 1.54) is 12.5 Å². The molecule has 1 amide bonds. The number of hydrogen-bond acceptors (Lipinski definition) is 1. The number of hydrogen-bond donors (Lipinski definition) is 1. The zero-order valence-corrected chi connectivity index (χ0v) is 11.1. The lowest BCUT2D eigenvalue weighted by atomic mass is 10.0. The van der Waals surface area contributed by atoms with Gasteiger partial charge >= 0.3 is 0 Å². The maximum Gasteiger partial charge on any atom is 0.221 e. The van der Waals surface area contributed by atoms with Crippen molar-refractivity contribution in [2.75, 3.05) is 0 Å². The summed E-state index contributed by atoms with van der Waals surface area (Å²) < 4.78 is 0. The van der Waals surface area contributed by atoms with Crippen molar-refractivity contribution >= 4 is 5.91 Å². The van der Waals surface area contributed by atoms with E-state index in [0.29, 0.717) is 5.92 Å². The second kappa shape index (κ2) is 7.04. The predicted molar refractivity (Wildman–Crippen MR) is 69.9 cm³/mol. The summed E-state index contributed by atoms with van der Waals surface area (Å²) in [6.45, 7) is 13.7. The third-order valence-corrected chi connectivity index (χ3v) is 1.85. The van der Waals surface area contributed by atoms with Crippen LogP contribution in [0, 0.1) is 5.92 Å². The van der Waals surface area contributed by atoms with E-state index in [1.54, 1.807) is 0 Å². The maximum absolute atomic E-state index is 11.0. The molecule has 90 valence electrons. The zero-order valence-electron chi connectivity index (χ0n) is 11.1. The predicted octanol–water partition coefficient (Wildman–Crippen LogP) is 3.57. The van der Waals surface area contributed by atoms with E-state index in [4.69, 9.17) is 0 Å². The molecule has 0 rings (SSSR count). The van der Waals surface area contributed by atoms with E-state index >= 15 is 0 Å². The number of rotatable bonds is 5. The van der Waals surface area contributed by atoms with E-state index in [9.17, 15) is 4.79 Å². The molecule has 0 fully saturated rings. The molecule has 0 aliphatic heterocycles. The third-order valence-electron chi connectivity index (χ3n) is 1.85. The molecule has 0 spiro atoms. The third kappa shape index (κ3) is 8.04. The molecule has 0 aromatic carbocycles. The first-order valence-corrected chi connectivity index (χ1v) is 5.63. The highest BCUT2D eigenvalue weighted by molar-refractivity contribution is 5.75. The summed E-state index contributed by atoms with van der Waals surface area (Å²) >= 11 is 0. The van der Waals surface area contributed by atoms with E-state index in [1.807, 2.05) is 19.1 Å². The zero-order chi connectivity index (χ0) is 12.7. The Bertz CT molecular complexity index is 322. The van der Waals surface area contributed by atoms with Gasteiger partial charge in [0.25, 0.3) is 0 Å². The van der Waals surface area contributed by atoms with E-state index in [-0.39, 0.29) is 5.91 Å². The van der Waals surface area contributed by atoms with Crippen molar-refractivity contribution < 1.29 is 4.79 Å². The van der Waals surface area contributed by atoms with Gasteiger partial charge in [0.15, 0.2) is 0 Å². The van der Waals surface area contributed by atoms with Gasteiger partial charge in [0.2, 0.25) is 5.91 Å². The van der Waals surface area contributed by atoms with Crippen LogP contribution in [0.5, 0.6) is 0 Å². The quantitative estimate of drug-likeness (QED) is 0.706. The van der Waals surface area contributed by atoms with Crippen LogP contribution in [0.4, 0.5) is 0 Å². The Morgan fingerprint density at radius 2 is 1.81 bits per heavy atom. The molecule has 0 saturated heterocycles. The van der Waals surface area contributed by atoms with Crippen LogP contribution in [0.2, 0.25) is 0 Å². The lowest BCUT2D eigenvalue weighted by Crippen LogP contribution is -2.18. The van der Waals surface area contributed by atoms with Gasteiger partial charge < -0.3 is 5.32 Å². The molecule has 0 bridgehead atoms. The van der Waals surface area contributed by atoms with Crippen molar-refractivity contribution in [1.82, 2.24) is 5.32 Å². The molecule has 0 aliphatic rings. The minimum atomic E-state index is -0.0545. The van der Waals surface area contributed by atoms with Gasteiger partial charge in [-0.3, -0.25) is 4.79 Å². The van der Waals surface area contributed by atoms with Crippen molar-refractivity contribution in [2.24, 2.45) is 5.92 Å². The Morgan fingerprint density at radius 1 is 1.25 bits per heavy atom. The monoisotopic (exact) mass is 221 g/mol. The summed E-state index contributed by atoms with van der Waals surface area (Å²) in [6.07, 6.45) is 4.93. The number of allylic oxidation sites excluding steroid dienone is 4. The van der Waals surface area contributed by atoms with Crippen molar-refractivity contribution in [2.45, 2.75) is 41.0 Å². The minimum absolute atomic E-state index is 0.0545. The highest BCUT2D eigenvalue weighted by Gasteiger charge is 2.00. The Hall–Kier alpha value is -1.31. The highest BCUT2D eigenvalue weighted by Crippen LogP contribution is 2.12. The van der Waals surface area contributed by atoms with Crippen molar-refractivity contribution in [1.29, 1.82) is 0 Å². The molecular formula is C14H23NO. The summed E-state index contributed by atoms with van der Waals surface area (Å²) in [5.41, 5.74) is 3.01. The average Bonchev–Trinajstić information content (AvgIpc) is 1.97. The van der Waals surface area contributed by atoms with Crippen LogP contribution in [-0.2, 0) is 4.79 Å². The Kier molecular flexibility index (Phi) is 6.47. The van der Waals surface area contributed by atoms with Crippen LogP contribution >= 0.6 is 0 Å². The Balaban J connectivity index is 4.78. The SMILES string of the molecule is C=C(C)/C=C(\C=C(/C)CC(C)C)NC(C)=O. The minimum Gasteiger partial charge on any atom is -0.326 e. The second-order valence-electron chi connectivity index (χ2n) is 4.72. The van der Waals surface area contributed by atoms with E-state index in [0.717, 1.165) is 17.7 Å². The topological polar surface area (TPSA) is 29.1 Å². The van der Waals surface area contributed by atoms with Crippen molar-refractivity contribution in [3.05, 3.63) is 35.6 Å². The summed E-state index contributed by atoms with van der Waals surface area (Å²) in [6, 6.07) is 0. The molecule has 2 heteroatoms. The van der Waals surface area contributed by atoms with E-state index in [2.05, 4.69) is 32.7 Å². The molecule has 0 atom stereocenters. The van der Waals surface area contributed by atoms with Crippen LogP contribution in [0.25, 0.3) is 0 Å². The van der Waals surface area contributed by atoms with Gasteiger partial charge in [0.1, 0.15) is 0 Å². The fourth-order valence-corrected chi connectivity index (χ4v) is 1.55. The number of carbonyl (C=O) groups is 1. The van der Waals surface area contributed by atoms with Gasteiger partial charge in [0.05, 0.1) is 0 Å². The van der Waals surface area contributed by atoms with Gasteiger partial charge in [-0.25, -0.2) is 0 Å². The first kappa shape index (κ1) is 14.7. The summed E-state index contributed by atoms with van der Waals surface area (Å²) in [5, 5.41) is 2.80. The van der Waals surface area contributed by atoms with Crippen molar-refractivity contribution in [3.63, 3.8) is 0 Å². The molecular weight excluding hydrogens is 198 g/mol. The lowest BCUT2D eigenvalue weighted by Gasteiger charge is -2.08.